The minimum absolute atomic E-state index is 0.0119. The summed E-state index contributed by atoms with van der Waals surface area (Å²) in [6.07, 6.45) is 6.44. The first-order valence-corrected chi connectivity index (χ1v) is 48.8. The van der Waals surface area contributed by atoms with Crippen LogP contribution in [-0.2, 0) is 66.3 Å². The van der Waals surface area contributed by atoms with Crippen LogP contribution in [0.1, 0.15) is 102 Å². The number of hydrogen-bond acceptors (Lipinski definition) is 20. The Hall–Kier alpha value is -13.2. The van der Waals surface area contributed by atoms with Crippen molar-refractivity contribution in [2.24, 2.45) is 7.05 Å². The normalized spacial score (nSPS) is 15.0. The highest BCUT2D eigenvalue weighted by molar-refractivity contribution is 7.93. The van der Waals surface area contributed by atoms with E-state index in [2.05, 4.69) is 47.7 Å². The van der Waals surface area contributed by atoms with Crippen LogP contribution in [0.25, 0.3) is 45.1 Å². The van der Waals surface area contributed by atoms with Gasteiger partial charge in [0.15, 0.2) is 13.2 Å². The van der Waals surface area contributed by atoms with Gasteiger partial charge in [0.1, 0.15) is 33.5 Å². The standard InChI is InChI=1S/C35H42N6O6S.C33H38N6O6S.C26H33N7O4S/c1-4-21-48(45,46)38-29-15-8-9-16-30(29)41-32(27-12-6-5-7-13-27)33(34(43)39-19-17-36-18-20-39)40(35(41)44)23-26-11-10-14-28(22-26)47-24-31(42)37-25(2)3;1-3-20-46(43,44)36-27-14-7-8-15-28(27)39-30(25-11-5-4-6-12-25)31(32(41)37-18-16-35-17-19-37)38(33(39)42)22-24-10-9-13-26(21-24)45-23-29(40)34-2;1-3-13-32-24(25(34)30-15-11-27-12-16-30)23(20-8-5-4-6-9-20)33(26(32)35)21-10-7-14-31(18-21)38(36,37)22-17-28-29(2)19-22/h5-16,22,25,36,38H,4,17-21,23-24H2,1-3H3,(H,37,42);4-15,21,35-36H,3,16-20,22-23H2,1-2H3,(H,34,40);3-6,8-9,17,19,21,27H,1,7,10-16,18H2,2H3. The predicted molar refractivity (Wildman–Crippen MR) is 507 cm³/mol. The smallest absolute Gasteiger partial charge is 0.334 e. The number of sulfonamides is 3. The van der Waals surface area contributed by atoms with E-state index in [1.807, 2.05) is 117 Å². The van der Waals surface area contributed by atoms with Crippen molar-refractivity contribution in [3.05, 3.63) is 273 Å². The largest absolute Gasteiger partial charge is 0.484 e. The summed E-state index contributed by atoms with van der Waals surface area (Å²) in [6.45, 7) is 18.2. The number of rotatable bonds is 32. The van der Waals surface area contributed by atoms with E-state index in [0.29, 0.717) is 179 Å². The van der Waals surface area contributed by atoms with Crippen LogP contribution in [-0.4, -0.2) is 240 Å². The Labute approximate surface area is 767 Å². The molecule has 5 amide bonds. The molecular formula is C94H113N19O16S3. The van der Waals surface area contributed by atoms with E-state index >= 15 is 0 Å². The number of nitrogens with one attached hydrogen (secondary N) is 7. The highest BCUT2D eigenvalue weighted by Gasteiger charge is 2.40. The van der Waals surface area contributed by atoms with E-state index in [0.717, 1.165) is 5.56 Å². The summed E-state index contributed by atoms with van der Waals surface area (Å²) < 4.78 is 107. The highest BCUT2D eigenvalue weighted by atomic mass is 32.2. The van der Waals surface area contributed by atoms with Gasteiger partial charge in [-0.3, -0.25) is 65.5 Å². The molecule has 1 atom stereocenters. The van der Waals surface area contributed by atoms with Gasteiger partial charge in [0, 0.05) is 141 Å². The zero-order chi connectivity index (χ0) is 93.8. The maximum absolute atomic E-state index is 14.7. The van der Waals surface area contributed by atoms with Crippen molar-refractivity contribution in [2.75, 3.05) is 133 Å². The van der Waals surface area contributed by atoms with Crippen LogP contribution in [0.5, 0.6) is 11.5 Å². The molecule has 4 aromatic heterocycles. The number of piperazine rings is 3. The van der Waals surface area contributed by atoms with Crippen molar-refractivity contribution in [3.63, 3.8) is 0 Å². The molecule has 132 heavy (non-hydrogen) atoms. The second kappa shape index (κ2) is 44.1. The molecule has 4 aliphatic rings. The third-order valence-electron chi connectivity index (χ3n) is 22.5. The average molecular weight is 1860 g/mol. The molecule has 0 spiro atoms. The lowest BCUT2D eigenvalue weighted by molar-refractivity contribution is -0.124. The number of nitrogens with zero attached hydrogens (tertiary/aromatic N) is 12. The zero-order valence-corrected chi connectivity index (χ0v) is 77.2. The van der Waals surface area contributed by atoms with Crippen LogP contribution in [0.2, 0.25) is 0 Å². The van der Waals surface area contributed by atoms with Crippen LogP contribution in [0.3, 0.4) is 0 Å². The molecule has 15 rings (SSSR count). The van der Waals surface area contributed by atoms with E-state index in [1.165, 1.54) is 51.3 Å². The number of benzene rings is 7. The SMILES string of the molecule is C=CCn1c(C(=O)N2CCNCC2)c(-c2ccccc2)n(C2CCCN(S(=O)(=O)c3cnn(C)c3)C2)c1=O.CCCS(=O)(=O)Nc1ccccc1-n1c(-c2ccccc2)c(C(=O)N2CCNCC2)n(Cc2cccc(OCC(=O)NC(C)C)c2)c1=O.CCCS(=O)(=O)Nc1ccccc1-n1c(-c2ccccc2)c(C(=O)N2CCNCC2)n(Cc2cccc(OCC(=O)NC)c2)c1=O. The molecule has 4 saturated heterocycles. The second-order valence-electron chi connectivity index (χ2n) is 32.4. The molecule has 1 unspecified atom stereocenters. The Bertz CT molecular complexity index is 6490. The number of aryl methyl sites for hydroxylation is 1. The van der Waals surface area contributed by atoms with Gasteiger partial charge in [-0.25, -0.2) is 39.6 Å². The van der Waals surface area contributed by atoms with Crippen molar-refractivity contribution in [1.29, 1.82) is 0 Å². The van der Waals surface area contributed by atoms with Crippen molar-refractivity contribution in [3.8, 4) is 56.6 Å². The van der Waals surface area contributed by atoms with Gasteiger partial charge in [-0.05, 0) is 99.2 Å². The van der Waals surface area contributed by atoms with Gasteiger partial charge in [0.05, 0.1) is 76.7 Å². The van der Waals surface area contributed by atoms with Crippen LogP contribution in [0, 0.1) is 0 Å². The number of likely N-dealkylation sites (N-methyl/N-ethyl adjacent to an activating group) is 1. The summed E-state index contributed by atoms with van der Waals surface area (Å²) in [6, 6.07) is 54.6. The molecule has 0 radical (unpaired) electrons. The quantitative estimate of drug-likeness (QED) is 0.0201. The third-order valence-corrected chi connectivity index (χ3v) is 27.3. The Morgan fingerprint density at radius 1 is 0.515 bits per heavy atom. The fourth-order valence-corrected chi connectivity index (χ4v) is 20.2. The number of ether oxygens (including phenoxy) is 2. The Kier molecular flexibility index (Phi) is 32.2. The molecule has 35 nitrogen and oxygen atoms in total. The van der Waals surface area contributed by atoms with Crippen LogP contribution < -0.4 is 62.6 Å². The zero-order valence-electron chi connectivity index (χ0n) is 74.8. The molecule has 7 N–H and O–H groups in total. The van der Waals surface area contributed by atoms with Crippen molar-refractivity contribution >= 4 is 71.0 Å². The maximum atomic E-state index is 14.7. The fourth-order valence-electron chi connectivity index (χ4n) is 16.4. The van der Waals surface area contributed by atoms with E-state index in [1.54, 1.807) is 131 Å². The Balaban J connectivity index is 0.000000169. The summed E-state index contributed by atoms with van der Waals surface area (Å²) >= 11 is 0. The van der Waals surface area contributed by atoms with Crippen LogP contribution in [0.15, 0.2) is 232 Å². The summed E-state index contributed by atoms with van der Waals surface area (Å²) in [5.74, 6) is -0.688. The lowest BCUT2D eigenvalue weighted by Crippen LogP contribution is -2.47. The summed E-state index contributed by atoms with van der Waals surface area (Å²) in [7, 11) is -8.02. The van der Waals surface area contributed by atoms with Gasteiger partial charge in [-0.2, -0.15) is 9.40 Å². The second-order valence-corrected chi connectivity index (χ2v) is 38.1. The van der Waals surface area contributed by atoms with Gasteiger partial charge in [0.25, 0.3) is 29.5 Å². The number of para-hydroxylation sites is 4. The average Bonchev–Trinajstić information content (AvgIpc) is 1.70. The lowest BCUT2D eigenvalue weighted by Gasteiger charge is -2.33. The van der Waals surface area contributed by atoms with Gasteiger partial charge >= 0.3 is 17.1 Å². The van der Waals surface area contributed by atoms with E-state index < -0.39 is 47.5 Å². The van der Waals surface area contributed by atoms with E-state index in [-0.39, 0.29) is 120 Å². The molecule has 7 aromatic carbocycles. The van der Waals surface area contributed by atoms with Crippen molar-refractivity contribution in [1.82, 2.24) is 82.8 Å². The number of allylic oxidation sites excluding steroid dienone is 1. The van der Waals surface area contributed by atoms with E-state index in [4.69, 9.17) is 9.47 Å². The number of hydrogen-bond donors (Lipinski definition) is 7. The molecule has 38 heteroatoms. The molecule has 11 aromatic rings. The molecule has 8 heterocycles. The molecule has 698 valence electrons. The number of carbonyl (C=O) groups excluding carboxylic acids is 5. The van der Waals surface area contributed by atoms with Crippen molar-refractivity contribution in [2.45, 2.75) is 90.0 Å². The first-order chi connectivity index (χ1) is 63.6. The Morgan fingerprint density at radius 3 is 1.33 bits per heavy atom. The molecule has 4 fully saturated rings. The van der Waals surface area contributed by atoms with Gasteiger partial charge < -0.3 is 50.8 Å². The number of amides is 5. The first-order valence-electron chi connectivity index (χ1n) is 44.1. The topological polar surface area (TPSA) is 402 Å². The molecule has 0 aliphatic carbocycles. The summed E-state index contributed by atoms with van der Waals surface area (Å²) in [5, 5.41) is 19.1. The molecule has 0 saturated carbocycles. The predicted octanol–water partition coefficient (Wildman–Crippen LogP) is 7.44. The number of piperidine rings is 1. The monoisotopic (exact) mass is 1860 g/mol. The highest BCUT2D eigenvalue weighted by Crippen LogP contribution is 2.37. The number of carbonyl (C=O) groups is 5. The van der Waals surface area contributed by atoms with Crippen LogP contribution in [0.4, 0.5) is 11.4 Å². The van der Waals surface area contributed by atoms with Crippen molar-refractivity contribution < 1.29 is 58.7 Å². The number of imidazole rings is 3. The molecular weight excluding hydrogens is 1750 g/mol. The van der Waals surface area contributed by atoms with Gasteiger partial charge in [-0.1, -0.05) is 159 Å². The maximum Gasteiger partial charge on any atom is 0.334 e. The fraction of sp³-hybridized carbons (Fsp3) is 0.351. The summed E-state index contributed by atoms with van der Waals surface area (Å²) in [4.78, 5) is 115. The van der Waals surface area contributed by atoms with E-state index in [9.17, 15) is 63.6 Å². The van der Waals surface area contributed by atoms with Gasteiger partial charge in [-0.15, -0.1) is 6.58 Å². The number of aromatic nitrogens is 8. The molecule has 4 aliphatic heterocycles. The van der Waals surface area contributed by atoms with Gasteiger partial charge in [0.2, 0.25) is 30.1 Å². The first kappa shape index (κ1) is 96.3. The molecule has 0 bridgehead atoms. The Morgan fingerprint density at radius 2 is 0.924 bits per heavy atom. The lowest BCUT2D eigenvalue weighted by atomic mass is 10.0. The van der Waals surface area contributed by atoms with Crippen LogP contribution >= 0.6 is 0 Å². The minimum Gasteiger partial charge on any atom is -0.484 e. The third kappa shape index (κ3) is 23.0. The minimum atomic E-state index is -3.79. The summed E-state index contributed by atoms with van der Waals surface area (Å²) in [5.41, 5.74) is 4.86. The number of anilines is 2.